The van der Waals surface area contributed by atoms with Crippen LogP contribution in [0.1, 0.15) is 13.8 Å². The number of carbonyl (C=O) groups excluding carboxylic acids is 2. The monoisotopic (exact) mass is 514 g/mol. The first-order valence-electron chi connectivity index (χ1n) is 11.2. The Bertz CT molecular complexity index is 1650. The van der Waals surface area contributed by atoms with Gasteiger partial charge in [0.25, 0.3) is 11.4 Å². The lowest BCUT2D eigenvalue weighted by Crippen LogP contribution is -2.02. The quantitative estimate of drug-likeness (QED) is 0.166. The normalized spacial score (nSPS) is 11.0. The summed E-state index contributed by atoms with van der Waals surface area (Å²) in [5, 5.41) is 23.4. The standard InChI is InChI=1S/C26H18N4O8/c1-13(31)37-25-19-9-7-17(29(33)34)11-21(19)27-23(25)15-3-5-16(6-4-15)24-26(38-14(2)32)20-10-8-18(30(35)36)12-22(20)28-24/h3-12,27-28H,1-2H3. The molecule has 5 rings (SSSR count). The third-order valence-electron chi connectivity index (χ3n) is 5.84. The number of ether oxygens (including phenoxy) is 2. The van der Waals surface area contributed by atoms with E-state index in [4.69, 9.17) is 9.47 Å². The molecular formula is C26H18N4O8. The molecule has 2 aromatic heterocycles. The third-order valence-corrected chi connectivity index (χ3v) is 5.84. The van der Waals surface area contributed by atoms with Crippen molar-refractivity contribution in [2.75, 3.05) is 0 Å². The molecule has 0 fully saturated rings. The molecule has 0 aliphatic carbocycles. The summed E-state index contributed by atoms with van der Waals surface area (Å²) in [5.74, 6) is -0.650. The van der Waals surface area contributed by atoms with Crippen LogP contribution in [0.2, 0.25) is 0 Å². The van der Waals surface area contributed by atoms with Crippen molar-refractivity contribution in [2.24, 2.45) is 0 Å². The molecule has 3 aromatic carbocycles. The van der Waals surface area contributed by atoms with Crippen LogP contribution in [-0.2, 0) is 9.59 Å². The molecule has 5 aromatic rings. The van der Waals surface area contributed by atoms with Crippen LogP contribution in [0.15, 0.2) is 60.7 Å². The van der Waals surface area contributed by atoms with Gasteiger partial charge in [-0.2, -0.15) is 0 Å². The fourth-order valence-corrected chi connectivity index (χ4v) is 4.26. The second kappa shape index (κ2) is 9.17. The number of nitro groups is 2. The fourth-order valence-electron chi connectivity index (χ4n) is 4.26. The van der Waals surface area contributed by atoms with Crippen molar-refractivity contribution in [1.29, 1.82) is 0 Å². The van der Waals surface area contributed by atoms with Crippen LogP contribution in [0, 0.1) is 20.2 Å². The Morgan fingerprint density at radius 3 is 1.34 bits per heavy atom. The average Bonchev–Trinajstić information content (AvgIpc) is 3.41. The Morgan fingerprint density at radius 2 is 1.03 bits per heavy atom. The zero-order valence-electron chi connectivity index (χ0n) is 19.9. The van der Waals surface area contributed by atoms with E-state index in [-0.39, 0.29) is 22.9 Å². The molecule has 0 radical (unpaired) electrons. The van der Waals surface area contributed by atoms with E-state index in [0.717, 1.165) is 0 Å². The van der Waals surface area contributed by atoms with Gasteiger partial charge in [-0.25, -0.2) is 0 Å². The van der Waals surface area contributed by atoms with Gasteiger partial charge in [0.1, 0.15) is 0 Å². The fraction of sp³-hybridized carbons (Fsp3) is 0.0769. The van der Waals surface area contributed by atoms with Gasteiger partial charge in [0, 0.05) is 60.0 Å². The summed E-state index contributed by atoms with van der Waals surface area (Å²) in [7, 11) is 0. The first-order valence-corrected chi connectivity index (χ1v) is 11.2. The van der Waals surface area contributed by atoms with Crippen LogP contribution >= 0.6 is 0 Å². The molecule has 12 nitrogen and oxygen atoms in total. The lowest BCUT2D eigenvalue weighted by atomic mass is 10.1. The van der Waals surface area contributed by atoms with Crippen molar-refractivity contribution in [3.8, 4) is 34.0 Å². The Morgan fingerprint density at radius 1 is 0.658 bits per heavy atom. The van der Waals surface area contributed by atoms with Crippen molar-refractivity contribution < 1.29 is 28.9 Å². The number of fused-ring (bicyclic) bond motifs is 2. The van der Waals surface area contributed by atoms with Gasteiger partial charge in [0.05, 0.1) is 32.3 Å². The molecule has 0 saturated heterocycles. The molecule has 0 unspecified atom stereocenters. The molecular weight excluding hydrogens is 496 g/mol. The number of aromatic nitrogens is 2. The zero-order chi connectivity index (χ0) is 27.1. The van der Waals surface area contributed by atoms with Gasteiger partial charge < -0.3 is 19.4 Å². The molecule has 2 N–H and O–H groups in total. The smallest absolute Gasteiger partial charge is 0.308 e. The number of nitrogens with zero attached hydrogens (tertiary/aromatic N) is 2. The van der Waals surface area contributed by atoms with E-state index in [2.05, 4.69) is 9.97 Å². The van der Waals surface area contributed by atoms with Gasteiger partial charge in [-0.15, -0.1) is 0 Å². The number of hydrogen-bond acceptors (Lipinski definition) is 8. The summed E-state index contributed by atoms with van der Waals surface area (Å²) in [5.41, 5.74) is 2.71. The molecule has 2 heterocycles. The molecule has 0 spiro atoms. The number of H-pyrrole nitrogens is 2. The Labute approximate surface area is 213 Å². The van der Waals surface area contributed by atoms with Crippen LogP contribution in [0.3, 0.4) is 0 Å². The second-order valence-corrected chi connectivity index (χ2v) is 8.40. The van der Waals surface area contributed by atoms with Crippen LogP contribution < -0.4 is 9.47 Å². The number of nitrogens with one attached hydrogen (secondary N) is 2. The second-order valence-electron chi connectivity index (χ2n) is 8.40. The van der Waals surface area contributed by atoms with E-state index >= 15 is 0 Å². The van der Waals surface area contributed by atoms with Gasteiger partial charge in [-0.05, 0) is 12.1 Å². The highest BCUT2D eigenvalue weighted by molar-refractivity contribution is 5.99. The molecule has 38 heavy (non-hydrogen) atoms. The summed E-state index contributed by atoms with van der Waals surface area (Å²) in [4.78, 5) is 51.2. The van der Waals surface area contributed by atoms with E-state index < -0.39 is 21.8 Å². The minimum Gasteiger partial charge on any atom is -0.424 e. The lowest BCUT2D eigenvalue weighted by molar-refractivity contribution is -0.384. The zero-order valence-corrected chi connectivity index (χ0v) is 19.9. The largest absolute Gasteiger partial charge is 0.424 e. The summed E-state index contributed by atoms with van der Waals surface area (Å²) < 4.78 is 10.9. The van der Waals surface area contributed by atoms with E-state index in [0.29, 0.717) is 44.3 Å². The molecule has 0 atom stereocenters. The Hall–Kier alpha value is -5.52. The number of non-ortho nitro benzene ring substituents is 2. The van der Waals surface area contributed by atoms with Crippen LogP contribution in [0.25, 0.3) is 44.3 Å². The van der Waals surface area contributed by atoms with E-state index in [1.54, 1.807) is 24.3 Å². The minimum absolute atomic E-state index is 0.118. The molecule has 0 bridgehead atoms. The van der Waals surface area contributed by atoms with Gasteiger partial charge in [-0.3, -0.25) is 29.8 Å². The highest BCUT2D eigenvalue weighted by Crippen LogP contribution is 2.41. The topological polar surface area (TPSA) is 170 Å². The predicted molar refractivity (Wildman–Crippen MR) is 137 cm³/mol. The SMILES string of the molecule is CC(=O)Oc1c(-c2ccc(-c3[nH]c4cc([N+](=O)[O-])ccc4c3OC(C)=O)cc2)[nH]c2cc([N+](=O)[O-])ccc12. The number of nitro benzene ring substituents is 2. The highest BCUT2D eigenvalue weighted by Gasteiger charge is 2.21. The van der Waals surface area contributed by atoms with Gasteiger partial charge in [0.2, 0.25) is 0 Å². The summed E-state index contributed by atoms with van der Waals surface area (Å²) in [6, 6.07) is 15.3. The number of esters is 2. The number of aromatic amines is 2. The summed E-state index contributed by atoms with van der Waals surface area (Å²) in [6.45, 7) is 2.52. The lowest BCUT2D eigenvalue weighted by Gasteiger charge is -2.07. The van der Waals surface area contributed by atoms with Crippen molar-refractivity contribution in [1.82, 2.24) is 9.97 Å². The number of carbonyl (C=O) groups is 2. The first-order chi connectivity index (χ1) is 18.1. The van der Waals surface area contributed by atoms with Crippen molar-refractivity contribution in [3.63, 3.8) is 0 Å². The van der Waals surface area contributed by atoms with Crippen molar-refractivity contribution in [2.45, 2.75) is 13.8 Å². The van der Waals surface area contributed by atoms with E-state index in [1.807, 2.05) is 0 Å². The summed E-state index contributed by atoms with van der Waals surface area (Å²) >= 11 is 0. The summed E-state index contributed by atoms with van der Waals surface area (Å²) in [6.07, 6.45) is 0. The molecule has 0 amide bonds. The van der Waals surface area contributed by atoms with Gasteiger partial charge in [-0.1, -0.05) is 24.3 Å². The third kappa shape index (κ3) is 4.30. The van der Waals surface area contributed by atoms with Crippen LogP contribution in [-0.4, -0.2) is 31.8 Å². The Kier molecular flexibility index (Phi) is 5.84. The van der Waals surface area contributed by atoms with Gasteiger partial charge in [0.15, 0.2) is 11.5 Å². The molecule has 190 valence electrons. The highest BCUT2D eigenvalue weighted by atomic mass is 16.6. The van der Waals surface area contributed by atoms with Crippen LogP contribution in [0.4, 0.5) is 11.4 Å². The van der Waals surface area contributed by atoms with E-state index in [1.165, 1.54) is 50.2 Å². The number of benzene rings is 3. The maximum Gasteiger partial charge on any atom is 0.308 e. The molecule has 0 aliphatic rings. The minimum atomic E-state index is -0.555. The van der Waals surface area contributed by atoms with Crippen molar-refractivity contribution >= 4 is 45.1 Å². The predicted octanol–water partition coefficient (Wildman–Crippen LogP) is 5.65. The van der Waals surface area contributed by atoms with Crippen LogP contribution in [0.5, 0.6) is 11.5 Å². The number of rotatable bonds is 6. The average molecular weight is 514 g/mol. The van der Waals surface area contributed by atoms with Gasteiger partial charge >= 0.3 is 11.9 Å². The molecule has 0 aliphatic heterocycles. The molecule has 12 heteroatoms. The first kappa shape index (κ1) is 24.2. The number of hydrogen-bond donors (Lipinski definition) is 2. The van der Waals surface area contributed by atoms with Crippen molar-refractivity contribution in [3.05, 3.63) is 80.9 Å². The Balaban J connectivity index is 1.61. The maximum absolute atomic E-state index is 11.8. The van der Waals surface area contributed by atoms with E-state index in [9.17, 15) is 29.8 Å². The molecule has 0 saturated carbocycles. The maximum atomic E-state index is 11.8.